The number of halogens is 2. The van der Waals surface area contributed by atoms with E-state index < -0.39 is 17.9 Å². The van der Waals surface area contributed by atoms with Crippen LogP contribution in [0.25, 0.3) is 0 Å². The summed E-state index contributed by atoms with van der Waals surface area (Å²) < 4.78 is 5.55. The highest BCUT2D eigenvalue weighted by atomic mass is 35.5. The predicted octanol–water partition coefficient (Wildman–Crippen LogP) is 3.78. The van der Waals surface area contributed by atoms with Gasteiger partial charge in [0.05, 0.1) is 10.6 Å². The molecule has 5 nitrogen and oxygen atoms in total. The summed E-state index contributed by atoms with van der Waals surface area (Å²) in [6.45, 7) is 3.64. The van der Waals surface area contributed by atoms with E-state index in [2.05, 4.69) is 17.8 Å². The van der Waals surface area contributed by atoms with Gasteiger partial charge in [0, 0.05) is 5.02 Å². The molecule has 2 aromatic rings. The van der Waals surface area contributed by atoms with E-state index in [0.717, 1.165) is 6.42 Å². The maximum atomic E-state index is 12.0. The third-order valence-electron chi connectivity index (χ3n) is 3.49. The highest BCUT2D eigenvalue weighted by molar-refractivity contribution is 6.36. The number of ether oxygens (including phenoxy) is 1. The first-order valence-corrected chi connectivity index (χ1v) is 8.47. The summed E-state index contributed by atoms with van der Waals surface area (Å²) >= 11 is 11.7. The second-order valence-corrected chi connectivity index (χ2v) is 6.17. The van der Waals surface area contributed by atoms with Gasteiger partial charge in [-0.05, 0) is 49.2 Å². The topological polar surface area (TPSA) is 67.4 Å². The van der Waals surface area contributed by atoms with E-state index in [-0.39, 0.29) is 10.6 Å². The molecule has 25 heavy (non-hydrogen) atoms. The average Bonchev–Trinajstić information content (AvgIpc) is 2.60. The van der Waals surface area contributed by atoms with Gasteiger partial charge in [-0.2, -0.15) is 0 Å². The van der Waals surface area contributed by atoms with Gasteiger partial charge in [-0.25, -0.2) is 0 Å². The standard InChI is InChI=1S/C18H18Cl2N2O3/c1-3-12-4-7-14(8-5-12)25-11(2)17(23)21-22-18(24)15-9-6-13(19)10-16(15)20/h4-11H,3H2,1-2H3,(H,21,23)(H,22,24)/t11-/m1/s1. The number of rotatable bonds is 5. The van der Waals surface area contributed by atoms with Crippen LogP contribution < -0.4 is 15.6 Å². The number of nitrogens with one attached hydrogen (secondary N) is 2. The van der Waals surface area contributed by atoms with E-state index in [1.165, 1.54) is 23.8 Å². The van der Waals surface area contributed by atoms with Gasteiger partial charge in [-0.3, -0.25) is 20.4 Å². The first-order chi connectivity index (χ1) is 11.9. The van der Waals surface area contributed by atoms with Crippen LogP contribution in [0.3, 0.4) is 0 Å². The largest absolute Gasteiger partial charge is 0.481 e. The molecule has 0 unspecified atom stereocenters. The van der Waals surface area contributed by atoms with Crippen LogP contribution >= 0.6 is 23.2 Å². The van der Waals surface area contributed by atoms with E-state index in [1.54, 1.807) is 19.1 Å². The Hall–Kier alpha value is -2.24. The van der Waals surface area contributed by atoms with E-state index in [0.29, 0.717) is 10.8 Å². The van der Waals surface area contributed by atoms with Crippen LogP contribution in [-0.4, -0.2) is 17.9 Å². The molecule has 0 saturated heterocycles. The Morgan fingerprint density at radius 3 is 2.36 bits per heavy atom. The van der Waals surface area contributed by atoms with Gasteiger partial charge in [0.2, 0.25) is 0 Å². The molecular weight excluding hydrogens is 363 g/mol. The minimum absolute atomic E-state index is 0.194. The number of aryl methyl sites for hydroxylation is 1. The Morgan fingerprint density at radius 1 is 1.08 bits per heavy atom. The van der Waals surface area contributed by atoms with Gasteiger partial charge in [-0.15, -0.1) is 0 Å². The van der Waals surface area contributed by atoms with Gasteiger partial charge in [-0.1, -0.05) is 42.3 Å². The maximum absolute atomic E-state index is 12.0. The van der Waals surface area contributed by atoms with Gasteiger partial charge >= 0.3 is 0 Å². The lowest BCUT2D eigenvalue weighted by Crippen LogP contribution is -2.47. The molecule has 132 valence electrons. The fourth-order valence-corrected chi connectivity index (χ4v) is 2.52. The van der Waals surface area contributed by atoms with Gasteiger partial charge in [0.15, 0.2) is 6.10 Å². The van der Waals surface area contributed by atoms with Crippen LogP contribution in [0.4, 0.5) is 0 Å². The van der Waals surface area contributed by atoms with Crippen molar-refractivity contribution in [2.45, 2.75) is 26.4 Å². The number of hydrazine groups is 1. The molecule has 2 amide bonds. The van der Waals surface area contributed by atoms with Crippen LogP contribution in [0.2, 0.25) is 10.0 Å². The minimum Gasteiger partial charge on any atom is -0.481 e. The second kappa shape index (κ2) is 8.74. The summed E-state index contributed by atoms with van der Waals surface area (Å²) in [6.07, 6.45) is 0.142. The molecule has 0 radical (unpaired) electrons. The Bertz CT molecular complexity index is 763. The van der Waals surface area contributed by atoms with E-state index in [1.807, 2.05) is 12.1 Å². The van der Waals surface area contributed by atoms with Crippen LogP contribution in [-0.2, 0) is 11.2 Å². The molecule has 0 aliphatic heterocycles. The molecule has 0 spiro atoms. The molecule has 2 rings (SSSR count). The summed E-state index contributed by atoms with van der Waals surface area (Å²) in [6, 6.07) is 11.9. The lowest BCUT2D eigenvalue weighted by molar-refractivity contribution is -0.128. The monoisotopic (exact) mass is 380 g/mol. The SMILES string of the molecule is CCc1ccc(O[C@H](C)C(=O)NNC(=O)c2ccc(Cl)cc2Cl)cc1. The Labute approximate surface area is 156 Å². The van der Waals surface area contributed by atoms with E-state index >= 15 is 0 Å². The van der Waals surface area contributed by atoms with Crippen molar-refractivity contribution in [3.63, 3.8) is 0 Å². The zero-order valence-electron chi connectivity index (χ0n) is 13.8. The zero-order valence-corrected chi connectivity index (χ0v) is 15.3. The average molecular weight is 381 g/mol. The second-order valence-electron chi connectivity index (χ2n) is 5.33. The number of benzene rings is 2. The van der Waals surface area contributed by atoms with Crippen LogP contribution in [0.15, 0.2) is 42.5 Å². The third-order valence-corrected chi connectivity index (χ3v) is 4.04. The number of carbonyl (C=O) groups excluding carboxylic acids is 2. The molecule has 0 aromatic heterocycles. The first kappa shape index (κ1) is 19.1. The molecular formula is C18H18Cl2N2O3. The van der Waals surface area contributed by atoms with Crippen molar-refractivity contribution in [2.75, 3.05) is 0 Å². The smallest absolute Gasteiger partial charge is 0.279 e. The lowest BCUT2D eigenvalue weighted by atomic mass is 10.2. The molecule has 2 N–H and O–H groups in total. The molecule has 0 bridgehead atoms. The van der Waals surface area contributed by atoms with Crippen molar-refractivity contribution < 1.29 is 14.3 Å². The molecule has 0 heterocycles. The summed E-state index contributed by atoms with van der Waals surface area (Å²) in [5, 5.41) is 0.612. The third kappa shape index (κ3) is 5.37. The van der Waals surface area contributed by atoms with Crippen molar-refractivity contribution in [3.8, 4) is 5.75 Å². The normalized spacial score (nSPS) is 11.5. The molecule has 0 aliphatic rings. The molecule has 1 atom stereocenters. The summed E-state index contributed by atoms with van der Waals surface area (Å²) in [5.41, 5.74) is 5.99. The molecule has 0 fully saturated rings. The fourth-order valence-electron chi connectivity index (χ4n) is 2.02. The van der Waals surface area contributed by atoms with Gasteiger partial charge < -0.3 is 4.74 Å². The quantitative estimate of drug-likeness (QED) is 0.775. The van der Waals surface area contributed by atoms with Crippen molar-refractivity contribution in [3.05, 3.63) is 63.6 Å². The molecule has 0 saturated carbocycles. The molecule has 7 heteroatoms. The highest BCUT2D eigenvalue weighted by Gasteiger charge is 2.17. The zero-order chi connectivity index (χ0) is 18.4. The number of amides is 2. The Kier molecular flexibility index (Phi) is 6.67. The van der Waals surface area contributed by atoms with Crippen LogP contribution in [0.1, 0.15) is 29.8 Å². The van der Waals surface area contributed by atoms with Crippen LogP contribution in [0.5, 0.6) is 5.75 Å². The van der Waals surface area contributed by atoms with Gasteiger partial charge in [0.25, 0.3) is 11.8 Å². The molecule has 0 aliphatic carbocycles. The van der Waals surface area contributed by atoms with Crippen molar-refractivity contribution in [2.24, 2.45) is 0 Å². The summed E-state index contributed by atoms with van der Waals surface area (Å²) in [4.78, 5) is 24.1. The predicted molar refractivity (Wildman–Crippen MR) is 98.0 cm³/mol. The van der Waals surface area contributed by atoms with Gasteiger partial charge in [0.1, 0.15) is 5.75 Å². The van der Waals surface area contributed by atoms with E-state index in [9.17, 15) is 9.59 Å². The van der Waals surface area contributed by atoms with Crippen molar-refractivity contribution in [1.82, 2.24) is 10.9 Å². The van der Waals surface area contributed by atoms with Crippen molar-refractivity contribution >= 4 is 35.0 Å². The maximum Gasteiger partial charge on any atom is 0.279 e. The summed E-state index contributed by atoms with van der Waals surface area (Å²) in [5.74, 6) is -0.459. The summed E-state index contributed by atoms with van der Waals surface area (Å²) in [7, 11) is 0. The number of carbonyl (C=O) groups is 2. The fraction of sp³-hybridized carbons (Fsp3) is 0.222. The highest BCUT2D eigenvalue weighted by Crippen LogP contribution is 2.20. The molecule has 2 aromatic carbocycles. The minimum atomic E-state index is -0.784. The number of hydrogen-bond acceptors (Lipinski definition) is 3. The van der Waals surface area contributed by atoms with Crippen LogP contribution in [0, 0.1) is 0 Å². The Morgan fingerprint density at radius 2 is 1.76 bits per heavy atom. The first-order valence-electron chi connectivity index (χ1n) is 7.71. The lowest BCUT2D eigenvalue weighted by Gasteiger charge is -2.15. The van der Waals surface area contributed by atoms with E-state index in [4.69, 9.17) is 27.9 Å². The van der Waals surface area contributed by atoms with Crippen molar-refractivity contribution in [1.29, 1.82) is 0 Å². The Balaban J connectivity index is 1.88. The number of hydrogen-bond donors (Lipinski definition) is 2.